The standard InChI is InChI=1S/C17H15N3O2S/c1-11-5-6-13(10-12(11)2)16-19-20-17(22-16)18-15(21)8-7-14-4-3-9-23-14/h3-10H,1-2H3,(H,18,20,21)/b8-7+. The zero-order valence-corrected chi connectivity index (χ0v) is 13.6. The van der Waals surface area contributed by atoms with Crippen LogP contribution < -0.4 is 5.32 Å². The molecule has 0 aliphatic carbocycles. The quantitative estimate of drug-likeness (QED) is 0.734. The number of benzene rings is 1. The van der Waals surface area contributed by atoms with Crippen LogP contribution in [-0.4, -0.2) is 16.1 Å². The summed E-state index contributed by atoms with van der Waals surface area (Å²) in [5, 5.41) is 12.3. The number of rotatable bonds is 4. The molecule has 0 fully saturated rings. The summed E-state index contributed by atoms with van der Waals surface area (Å²) in [7, 11) is 0. The Morgan fingerprint density at radius 2 is 2.09 bits per heavy atom. The van der Waals surface area contributed by atoms with Gasteiger partial charge in [0, 0.05) is 16.5 Å². The largest absolute Gasteiger partial charge is 0.403 e. The van der Waals surface area contributed by atoms with Crippen LogP contribution >= 0.6 is 11.3 Å². The number of carbonyl (C=O) groups is 1. The molecule has 0 aliphatic heterocycles. The van der Waals surface area contributed by atoms with Crippen molar-refractivity contribution in [3.63, 3.8) is 0 Å². The van der Waals surface area contributed by atoms with Gasteiger partial charge >= 0.3 is 6.01 Å². The number of hydrogen-bond donors (Lipinski definition) is 1. The molecule has 5 nitrogen and oxygen atoms in total. The molecule has 0 spiro atoms. The highest BCUT2D eigenvalue weighted by atomic mass is 32.1. The van der Waals surface area contributed by atoms with Gasteiger partial charge in [-0.05, 0) is 54.6 Å². The van der Waals surface area contributed by atoms with Crippen LogP contribution in [0, 0.1) is 13.8 Å². The number of aryl methyl sites for hydroxylation is 2. The molecule has 1 amide bonds. The van der Waals surface area contributed by atoms with Gasteiger partial charge in [0.15, 0.2) is 0 Å². The number of hydrogen-bond acceptors (Lipinski definition) is 5. The number of anilines is 1. The van der Waals surface area contributed by atoms with E-state index in [9.17, 15) is 4.79 Å². The van der Waals surface area contributed by atoms with Crippen LogP contribution in [0.1, 0.15) is 16.0 Å². The van der Waals surface area contributed by atoms with Gasteiger partial charge in [-0.2, -0.15) is 0 Å². The Balaban J connectivity index is 1.69. The van der Waals surface area contributed by atoms with E-state index in [1.807, 2.05) is 49.6 Å². The molecular formula is C17H15N3O2S. The van der Waals surface area contributed by atoms with E-state index in [1.54, 1.807) is 17.4 Å². The van der Waals surface area contributed by atoms with Crippen LogP contribution in [0.25, 0.3) is 17.5 Å². The Morgan fingerprint density at radius 1 is 1.22 bits per heavy atom. The maximum absolute atomic E-state index is 11.8. The van der Waals surface area contributed by atoms with Crippen molar-refractivity contribution in [2.75, 3.05) is 5.32 Å². The molecule has 23 heavy (non-hydrogen) atoms. The van der Waals surface area contributed by atoms with Crippen LogP contribution in [0.2, 0.25) is 0 Å². The minimum atomic E-state index is -0.311. The molecule has 2 heterocycles. The molecule has 6 heteroatoms. The molecule has 0 bridgehead atoms. The third-order valence-corrected chi connectivity index (χ3v) is 4.19. The SMILES string of the molecule is Cc1ccc(-c2nnc(NC(=O)/C=C/c3cccs3)o2)cc1C. The molecular weight excluding hydrogens is 310 g/mol. The molecule has 0 radical (unpaired) electrons. The van der Waals surface area contributed by atoms with Gasteiger partial charge in [0.1, 0.15) is 0 Å². The summed E-state index contributed by atoms with van der Waals surface area (Å²) in [6, 6.07) is 9.83. The molecule has 0 aliphatic rings. The number of nitrogens with one attached hydrogen (secondary N) is 1. The Labute approximate surface area is 137 Å². The summed E-state index contributed by atoms with van der Waals surface area (Å²) in [5.74, 6) is 0.0688. The average Bonchev–Trinajstić information content (AvgIpc) is 3.19. The fourth-order valence-corrected chi connectivity index (χ4v) is 2.57. The number of thiophene rings is 1. The highest BCUT2D eigenvalue weighted by Gasteiger charge is 2.10. The second-order valence-corrected chi connectivity index (χ2v) is 6.03. The van der Waals surface area contributed by atoms with Crippen molar-refractivity contribution in [1.82, 2.24) is 10.2 Å². The van der Waals surface area contributed by atoms with Crippen molar-refractivity contribution in [3.05, 3.63) is 57.8 Å². The zero-order chi connectivity index (χ0) is 16.2. The molecule has 3 aromatic rings. The second kappa shape index (κ2) is 6.58. The molecule has 1 N–H and O–H groups in total. The summed E-state index contributed by atoms with van der Waals surface area (Å²) < 4.78 is 5.49. The molecule has 116 valence electrons. The van der Waals surface area contributed by atoms with Gasteiger partial charge in [0.25, 0.3) is 5.91 Å². The van der Waals surface area contributed by atoms with E-state index in [0.29, 0.717) is 5.89 Å². The first-order valence-electron chi connectivity index (χ1n) is 7.05. The lowest BCUT2D eigenvalue weighted by atomic mass is 10.1. The van der Waals surface area contributed by atoms with E-state index in [-0.39, 0.29) is 11.9 Å². The van der Waals surface area contributed by atoms with E-state index in [2.05, 4.69) is 15.5 Å². The fraction of sp³-hybridized carbons (Fsp3) is 0.118. The van der Waals surface area contributed by atoms with Gasteiger partial charge in [-0.25, -0.2) is 0 Å². The topological polar surface area (TPSA) is 68.0 Å². The number of amides is 1. The van der Waals surface area contributed by atoms with Gasteiger partial charge in [-0.1, -0.05) is 17.2 Å². The number of carbonyl (C=O) groups excluding carboxylic acids is 1. The van der Waals surface area contributed by atoms with Gasteiger partial charge in [-0.3, -0.25) is 10.1 Å². The minimum absolute atomic E-state index is 0.0825. The highest BCUT2D eigenvalue weighted by molar-refractivity contribution is 7.10. The van der Waals surface area contributed by atoms with E-state index in [4.69, 9.17) is 4.42 Å². The highest BCUT2D eigenvalue weighted by Crippen LogP contribution is 2.22. The first-order valence-corrected chi connectivity index (χ1v) is 7.93. The van der Waals surface area contributed by atoms with Gasteiger partial charge < -0.3 is 4.42 Å². The second-order valence-electron chi connectivity index (χ2n) is 5.05. The lowest BCUT2D eigenvalue weighted by molar-refractivity contribution is -0.112. The molecule has 0 unspecified atom stereocenters. The average molecular weight is 325 g/mol. The van der Waals surface area contributed by atoms with Crippen molar-refractivity contribution >= 4 is 29.3 Å². The fourth-order valence-electron chi connectivity index (χ4n) is 1.96. The van der Waals surface area contributed by atoms with E-state index in [0.717, 1.165) is 16.0 Å². The van der Waals surface area contributed by atoms with Crippen molar-refractivity contribution < 1.29 is 9.21 Å². The maximum atomic E-state index is 11.8. The first kappa shape index (κ1) is 15.2. The summed E-state index contributed by atoms with van der Waals surface area (Å²) in [4.78, 5) is 12.8. The molecule has 1 aromatic carbocycles. The lowest BCUT2D eigenvalue weighted by Crippen LogP contribution is -2.07. The van der Waals surface area contributed by atoms with Crippen LogP contribution in [0.4, 0.5) is 6.01 Å². The monoisotopic (exact) mass is 325 g/mol. The van der Waals surface area contributed by atoms with Crippen molar-refractivity contribution in [1.29, 1.82) is 0 Å². The molecule has 0 atom stereocenters. The third kappa shape index (κ3) is 3.73. The Kier molecular flexibility index (Phi) is 4.34. The maximum Gasteiger partial charge on any atom is 0.322 e. The van der Waals surface area contributed by atoms with Crippen LogP contribution in [-0.2, 0) is 4.79 Å². The molecule has 0 saturated carbocycles. The van der Waals surface area contributed by atoms with E-state index >= 15 is 0 Å². The summed E-state index contributed by atoms with van der Waals surface area (Å²) in [5.41, 5.74) is 3.17. The normalized spacial score (nSPS) is 11.0. The van der Waals surface area contributed by atoms with Crippen molar-refractivity contribution in [2.24, 2.45) is 0 Å². The van der Waals surface area contributed by atoms with Crippen LogP contribution in [0.15, 0.2) is 46.2 Å². The number of nitrogens with zero attached hydrogens (tertiary/aromatic N) is 2. The molecule has 3 rings (SSSR count). The Morgan fingerprint density at radius 3 is 2.83 bits per heavy atom. The van der Waals surface area contributed by atoms with Crippen molar-refractivity contribution in [3.8, 4) is 11.5 Å². The van der Waals surface area contributed by atoms with Gasteiger partial charge in [0.05, 0.1) is 0 Å². The summed E-state index contributed by atoms with van der Waals surface area (Å²) in [6.45, 7) is 4.06. The zero-order valence-electron chi connectivity index (χ0n) is 12.7. The predicted molar refractivity (Wildman–Crippen MR) is 91.2 cm³/mol. The van der Waals surface area contributed by atoms with Gasteiger partial charge in [0.2, 0.25) is 5.89 Å². The lowest BCUT2D eigenvalue weighted by Gasteiger charge is -2.00. The Hall–Kier alpha value is -2.73. The summed E-state index contributed by atoms with van der Waals surface area (Å²) in [6.07, 6.45) is 3.17. The van der Waals surface area contributed by atoms with Crippen LogP contribution in [0.3, 0.4) is 0 Å². The minimum Gasteiger partial charge on any atom is -0.403 e. The Bertz CT molecular complexity index is 851. The van der Waals surface area contributed by atoms with Crippen LogP contribution in [0.5, 0.6) is 0 Å². The smallest absolute Gasteiger partial charge is 0.322 e. The predicted octanol–water partition coefficient (Wildman–Crippen LogP) is 4.07. The number of aromatic nitrogens is 2. The van der Waals surface area contributed by atoms with Crippen molar-refractivity contribution in [2.45, 2.75) is 13.8 Å². The van der Waals surface area contributed by atoms with Gasteiger partial charge in [-0.15, -0.1) is 16.4 Å². The molecule has 2 aromatic heterocycles. The van der Waals surface area contributed by atoms with E-state index in [1.165, 1.54) is 11.6 Å². The molecule has 0 saturated heterocycles. The summed E-state index contributed by atoms with van der Waals surface area (Å²) >= 11 is 1.56. The first-order chi connectivity index (χ1) is 11.1. The third-order valence-electron chi connectivity index (χ3n) is 3.35. The van der Waals surface area contributed by atoms with E-state index < -0.39 is 0 Å².